The Bertz CT molecular complexity index is 288. The molecule has 2 rings (SSSR count). The first-order valence-corrected chi connectivity index (χ1v) is 4.57. The molecule has 3 nitrogen and oxygen atoms in total. The SMILES string of the molecule is Cc1ccc([C@]2(O)CCNC2)cn1. The maximum Gasteiger partial charge on any atom is 0.105 e. The molecule has 0 radical (unpaired) electrons. The molecule has 2 N–H and O–H groups in total. The molecular weight excluding hydrogens is 164 g/mol. The van der Waals surface area contributed by atoms with Crippen LogP contribution in [0, 0.1) is 6.92 Å². The number of hydrogen-bond acceptors (Lipinski definition) is 3. The highest BCUT2D eigenvalue weighted by molar-refractivity contribution is 5.22. The number of aromatic nitrogens is 1. The molecule has 1 saturated heterocycles. The molecule has 2 heterocycles. The molecule has 0 aromatic carbocycles. The van der Waals surface area contributed by atoms with Crippen molar-refractivity contribution < 1.29 is 5.11 Å². The van der Waals surface area contributed by atoms with E-state index in [2.05, 4.69) is 10.3 Å². The van der Waals surface area contributed by atoms with Gasteiger partial charge in [-0.1, -0.05) is 6.07 Å². The van der Waals surface area contributed by atoms with Crippen molar-refractivity contribution in [3.63, 3.8) is 0 Å². The quantitative estimate of drug-likeness (QED) is 0.661. The van der Waals surface area contributed by atoms with Crippen LogP contribution in [0.4, 0.5) is 0 Å². The van der Waals surface area contributed by atoms with E-state index in [1.54, 1.807) is 6.20 Å². The van der Waals surface area contributed by atoms with E-state index in [1.807, 2.05) is 19.1 Å². The van der Waals surface area contributed by atoms with Crippen LogP contribution in [0.2, 0.25) is 0 Å². The normalized spacial score (nSPS) is 27.8. The molecule has 0 aliphatic carbocycles. The van der Waals surface area contributed by atoms with Crippen LogP contribution in [0.3, 0.4) is 0 Å². The first-order chi connectivity index (χ1) is 6.21. The Morgan fingerprint density at radius 2 is 2.38 bits per heavy atom. The summed E-state index contributed by atoms with van der Waals surface area (Å²) < 4.78 is 0. The van der Waals surface area contributed by atoms with E-state index in [0.717, 1.165) is 24.2 Å². The molecule has 0 bridgehead atoms. The van der Waals surface area contributed by atoms with Gasteiger partial charge in [0.15, 0.2) is 0 Å². The summed E-state index contributed by atoms with van der Waals surface area (Å²) in [6.07, 6.45) is 2.54. The minimum absolute atomic E-state index is 0.637. The minimum atomic E-state index is -0.694. The van der Waals surface area contributed by atoms with Crippen LogP contribution in [0.5, 0.6) is 0 Å². The van der Waals surface area contributed by atoms with Gasteiger partial charge in [0.05, 0.1) is 0 Å². The van der Waals surface area contributed by atoms with Gasteiger partial charge < -0.3 is 10.4 Å². The zero-order valence-corrected chi connectivity index (χ0v) is 7.75. The van der Waals surface area contributed by atoms with Crippen molar-refractivity contribution in [1.29, 1.82) is 0 Å². The molecular formula is C10H14N2O. The van der Waals surface area contributed by atoms with Gasteiger partial charge >= 0.3 is 0 Å². The fraction of sp³-hybridized carbons (Fsp3) is 0.500. The van der Waals surface area contributed by atoms with Crippen LogP contribution in [0.15, 0.2) is 18.3 Å². The molecule has 1 aliphatic heterocycles. The zero-order valence-electron chi connectivity index (χ0n) is 7.75. The molecule has 1 fully saturated rings. The highest BCUT2D eigenvalue weighted by Gasteiger charge is 2.32. The molecule has 3 heteroatoms. The maximum atomic E-state index is 10.2. The largest absolute Gasteiger partial charge is 0.384 e. The van der Waals surface area contributed by atoms with Crippen LogP contribution >= 0.6 is 0 Å². The molecule has 0 spiro atoms. The van der Waals surface area contributed by atoms with E-state index < -0.39 is 5.60 Å². The summed E-state index contributed by atoms with van der Waals surface area (Å²) in [6, 6.07) is 3.89. The van der Waals surface area contributed by atoms with Gasteiger partial charge in [0.2, 0.25) is 0 Å². The van der Waals surface area contributed by atoms with E-state index in [-0.39, 0.29) is 0 Å². The third-order valence-electron chi connectivity index (χ3n) is 2.58. The first kappa shape index (κ1) is 8.66. The smallest absolute Gasteiger partial charge is 0.105 e. The molecule has 1 aromatic rings. The summed E-state index contributed by atoms with van der Waals surface area (Å²) in [6.45, 7) is 3.46. The Kier molecular flexibility index (Phi) is 2.06. The summed E-state index contributed by atoms with van der Waals surface area (Å²) in [4.78, 5) is 4.18. The van der Waals surface area contributed by atoms with Crippen LogP contribution in [0.25, 0.3) is 0 Å². The van der Waals surface area contributed by atoms with E-state index >= 15 is 0 Å². The lowest BCUT2D eigenvalue weighted by Gasteiger charge is -2.21. The second-order valence-corrected chi connectivity index (χ2v) is 3.65. The van der Waals surface area contributed by atoms with Crippen molar-refractivity contribution in [3.05, 3.63) is 29.6 Å². The van der Waals surface area contributed by atoms with E-state index in [1.165, 1.54) is 0 Å². The van der Waals surface area contributed by atoms with Crippen molar-refractivity contribution in [2.45, 2.75) is 18.9 Å². The van der Waals surface area contributed by atoms with Gasteiger partial charge in [-0.2, -0.15) is 0 Å². The van der Waals surface area contributed by atoms with Gasteiger partial charge in [-0.05, 0) is 26.0 Å². The Hall–Kier alpha value is -0.930. The van der Waals surface area contributed by atoms with Gasteiger partial charge in [-0.3, -0.25) is 4.98 Å². The molecule has 0 saturated carbocycles. The van der Waals surface area contributed by atoms with Gasteiger partial charge in [0.25, 0.3) is 0 Å². The van der Waals surface area contributed by atoms with Crippen LogP contribution in [0.1, 0.15) is 17.7 Å². The Balaban J connectivity index is 2.29. The van der Waals surface area contributed by atoms with Gasteiger partial charge in [-0.25, -0.2) is 0 Å². The van der Waals surface area contributed by atoms with Gasteiger partial charge in [0, 0.05) is 24.0 Å². The summed E-state index contributed by atoms with van der Waals surface area (Å²) in [7, 11) is 0. The number of nitrogens with one attached hydrogen (secondary N) is 1. The number of hydrogen-bond donors (Lipinski definition) is 2. The highest BCUT2D eigenvalue weighted by Crippen LogP contribution is 2.26. The fourth-order valence-corrected chi connectivity index (χ4v) is 1.67. The monoisotopic (exact) mass is 178 g/mol. The predicted octanol–water partition coefficient (Wildman–Crippen LogP) is 0.571. The third kappa shape index (κ3) is 1.57. The molecule has 1 aromatic heterocycles. The summed E-state index contributed by atoms with van der Waals surface area (Å²) in [5.74, 6) is 0. The average molecular weight is 178 g/mol. The number of aryl methyl sites for hydroxylation is 1. The summed E-state index contributed by atoms with van der Waals surface area (Å²) in [5.41, 5.74) is 1.21. The standard InChI is InChI=1S/C10H14N2O/c1-8-2-3-9(6-12-8)10(13)4-5-11-7-10/h2-3,6,11,13H,4-5,7H2,1H3/t10-/m0/s1. The Morgan fingerprint density at radius 1 is 1.54 bits per heavy atom. The average Bonchev–Trinajstić information content (AvgIpc) is 2.54. The highest BCUT2D eigenvalue weighted by atomic mass is 16.3. The molecule has 1 atom stereocenters. The fourth-order valence-electron chi connectivity index (χ4n) is 1.67. The topological polar surface area (TPSA) is 45.1 Å². The van der Waals surface area contributed by atoms with Gasteiger partial charge in [0.1, 0.15) is 5.60 Å². The van der Waals surface area contributed by atoms with Crippen molar-refractivity contribution in [2.24, 2.45) is 0 Å². The lowest BCUT2D eigenvalue weighted by atomic mass is 9.94. The van der Waals surface area contributed by atoms with E-state index in [9.17, 15) is 5.11 Å². The summed E-state index contributed by atoms with van der Waals surface area (Å²) >= 11 is 0. The van der Waals surface area contributed by atoms with Gasteiger partial charge in [-0.15, -0.1) is 0 Å². The maximum absolute atomic E-state index is 10.2. The number of rotatable bonds is 1. The summed E-state index contributed by atoms with van der Waals surface area (Å²) in [5, 5.41) is 13.3. The second-order valence-electron chi connectivity index (χ2n) is 3.65. The van der Waals surface area contributed by atoms with Crippen molar-refractivity contribution in [1.82, 2.24) is 10.3 Å². The Labute approximate surface area is 77.8 Å². The Morgan fingerprint density at radius 3 is 2.92 bits per heavy atom. The number of β-amino-alcohol motifs (C(OH)–C–C–N with tert-alkyl or cyclic N) is 1. The van der Waals surface area contributed by atoms with Crippen molar-refractivity contribution in [2.75, 3.05) is 13.1 Å². The lowest BCUT2D eigenvalue weighted by Crippen LogP contribution is -2.28. The first-order valence-electron chi connectivity index (χ1n) is 4.57. The number of pyridine rings is 1. The zero-order chi connectivity index (χ0) is 9.31. The van der Waals surface area contributed by atoms with Crippen molar-refractivity contribution >= 4 is 0 Å². The van der Waals surface area contributed by atoms with Crippen LogP contribution in [-0.2, 0) is 5.60 Å². The molecule has 0 unspecified atom stereocenters. The molecule has 1 aliphatic rings. The predicted molar refractivity (Wildman–Crippen MR) is 50.4 cm³/mol. The molecule has 0 amide bonds. The molecule has 70 valence electrons. The number of aliphatic hydroxyl groups is 1. The molecule has 13 heavy (non-hydrogen) atoms. The second kappa shape index (κ2) is 3.09. The van der Waals surface area contributed by atoms with E-state index in [0.29, 0.717) is 6.54 Å². The minimum Gasteiger partial charge on any atom is -0.384 e. The third-order valence-corrected chi connectivity index (χ3v) is 2.58. The van der Waals surface area contributed by atoms with Crippen LogP contribution < -0.4 is 5.32 Å². The van der Waals surface area contributed by atoms with Crippen molar-refractivity contribution in [3.8, 4) is 0 Å². The number of nitrogens with zero attached hydrogens (tertiary/aromatic N) is 1. The van der Waals surface area contributed by atoms with E-state index in [4.69, 9.17) is 0 Å². The lowest BCUT2D eigenvalue weighted by molar-refractivity contribution is 0.0584. The van der Waals surface area contributed by atoms with Crippen LogP contribution in [-0.4, -0.2) is 23.2 Å².